The molecule has 1 fully saturated rings. The summed E-state index contributed by atoms with van der Waals surface area (Å²) in [6, 6.07) is 5.02. The van der Waals surface area contributed by atoms with E-state index in [0.29, 0.717) is 55.4 Å². The van der Waals surface area contributed by atoms with Gasteiger partial charge in [-0.1, -0.05) is 6.58 Å². The highest BCUT2D eigenvalue weighted by Gasteiger charge is 2.32. The van der Waals surface area contributed by atoms with Crippen LogP contribution in [0, 0.1) is 12.7 Å². The fourth-order valence-electron chi connectivity index (χ4n) is 5.83. The molecule has 2 aliphatic rings. The normalized spacial score (nSPS) is 17.3. The summed E-state index contributed by atoms with van der Waals surface area (Å²) in [6.45, 7) is 8.02. The van der Waals surface area contributed by atoms with Gasteiger partial charge in [-0.2, -0.15) is 10.1 Å². The number of aryl methyl sites for hydroxylation is 2. The number of fused-ring (bicyclic) bond motifs is 1. The summed E-state index contributed by atoms with van der Waals surface area (Å²) in [5.74, 6) is 0.741. The number of halogens is 1. The van der Waals surface area contributed by atoms with Gasteiger partial charge in [0.1, 0.15) is 11.6 Å². The Hall–Kier alpha value is -3.70. The van der Waals surface area contributed by atoms with Gasteiger partial charge in [0.05, 0.1) is 29.9 Å². The summed E-state index contributed by atoms with van der Waals surface area (Å²) in [5.41, 5.74) is 3.22. The third-order valence-electron chi connectivity index (χ3n) is 7.65. The number of carbonyl (C=O) groups excluding carboxylic acids is 1. The SMILES string of the molecule is C=CC(=O)N1CCN(c2nc(=O)n3c4c(c(-c5c(F)ccc6cnn(C)c56)c(C)cc24)SC[C@@H]3COC)CC1. The highest BCUT2D eigenvalue weighted by atomic mass is 32.2. The van der Waals surface area contributed by atoms with E-state index in [-0.39, 0.29) is 23.5 Å². The molecule has 1 saturated heterocycles. The van der Waals surface area contributed by atoms with Crippen molar-refractivity contribution in [2.45, 2.75) is 17.9 Å². The van der Waals surface area contributed by atoms with Crippen molar-refractivity contribution in [3.05, 3.63) is 58.9 Å². The number of amides is 1. The Kier molecular flexibility index (Phi) is 6.43. The van der Waals surface area contributed by atoms with Crippen molar-refractivity contribution in [2.24, 2.45) is 7.05 Å². The van der Waals surface area contributed by atoms with Crippen LogP contribution in [0.25, 0.3) is 32.9 Å². The second-order valence-corrected chi connectivity index (χ2v) is 11.0. The van der Waals surface area contributed by atoms with Crippen LogP contribution in [0.4, 0.5) is 10.2 Å². The maximum absolute atomic E-state index is 15.7. The number of hydrogen-bond donors (Lipinski definition) is 0. The molecule has 2 aromatic heterocycles. The van der Waals surface area contributed by atoms with Crippen LogP contribution in [0.3, 0.4) is 0 Å². The van der Waals surface area contributed by atoms with Gasteiger partial charge in [0, 0.05) is 72.9 Å². The lowest BCUT2D eigenvalue weighted by Gasteiger charge is -2.36. The van der Waals surface area contributed by atoms with Crippen molar-refractivity contribution < 1.29 is 13.9 Å². The molecule has 1 atom stereocenters. The molecule has 9 nitrogen and oxygen atoms in total. The van der Waals surface area contributed by atoms with Gasteiger partial charge in [-0.05, 0) is 36.8 Å². The molecule has 0 bridgehead atoms. The van der Waals surface area contributed by atoms with Gasteiger partial charge in [-0.3, -0.25) is 14.0 Å². The number of aromatic nitrogens is 4. The second kappa shape index (κ2) is 9.80. The Morgan fingerprint density at radius 1 is 1.23 bits per heavy atom. The van der Waals surface area contributed by atoms with Crippen molar-refractivity contribution in [1.82, 2.24) is 24.2 Å². The first-order chi connectivity index (χ1) is 18.8. The third-order valence-corrected chi connectivity index (χ3v) is 8.89. The summed E-state index contributed by atoms with van der Waals surface area (Å²) >= 11 is 1.62. The Labute approximate surface area is 228 Å². The first-order valence-electron chi connectivity index (χ1n) is 12.8. The predicted molar refractivity (Wildman–Crippen MR) is 151 cm³/mol. The number of piperazine rings is 1. The van der Waals surface area contributed by atoms with Crippen LogP contribution in [-0.4, -0.2) is 75.8 Å². The zero-order valence-electron chi connectivity index (χ0n) is 22.1. The molecule has 0 spiro atoms. The zero-order valence-corrected chi connectivity index (χ0v) is 22.9. The molecule has 0 radical (unpaired) electrons. The molecule has 39 heavy (non-hydrogen) atoms. The van der Waals surface area contributed by atoms with Gasteiger partial charge in [0.15, 0.2) is 0 Å². The monoisotopic (exact) mass is 548 g/mol. The van der Waals surface area contributed by atoms with Crippen LogP contribution < -0.4 is 10.6 Å². The number of nitrogens with zero attached hydrogens (tertiary/aromatic N) is 6. The minimum atomic E-state index is -0.361. The maximum Gasteiger partial charge on any atom is 0.350 e. The fourth-order valence-corrected chi connectivity index (χ4v) is 7.19. The maximum atomic E-state index is 15.7. The van der Waals surface area contributed by atoms with E-state index in [9.17, 15) is 9.59 Å². The van der Waals surface area contributed by atoms with Gasteiger partial charge in [-0.25, -0.2) is 9.18 Å². The van der Waals surface area contributed by atoms with Gasteiger partial charge in [0.25, 0.3) is 0 Å². The summed E-state index contributed by atoms with van der Waals surface area (Å²) in [7, 11) is 3.43. The lowest BCUT2D eigenvalue weighted by Crippen LogP contribution is -2.49. The average molecular weight is 549 g/mol. The van der Waals surface area contributed by atoms with Crippen LogP contribution in [0.5, 0.6) is 0 Å². The number of hydrogen-bond acceptors (Lipinski definition) is 7. The number of methoxy groups -OCH3 is 1. The average Bonchev–Trinajstić information content (AvgIpc) is 3.32. The smallest absolute Gasteiger partial charge is 0.350 e. The number of thioether (sulfide) groups is 1. The van der Waals surface area contributed by atoms with Crippen LogP contribution in [0.1, 0.15) is 11.6 Å². The van der Waals surface area contributed by atoms with E-state index in [1.165, 1.54) is 12.1 Å². The molecule has 2 aromatic carbocycles. The van der Waals surface area contributed by atoms with Crippen molar-refractivity contribution >= 4 is 45.3 Å². The minimum Gasteiger partial charge on any atom is -0.383 e. The molecule has 2 aliphatic heterocycles. The third kappa shape index (κ3) is 4.02. The van der Waals surface area contributed by atoms with Crippen LogP contribution in [-0.2, 0) is 16.6 Å². The summed E-state index contributed by atoms with van der Waals surface area (Å²) in [6.07, 6.45) is 3.05. The summed E-state index contributed by atoms with van der Waals surface area (Å²) in [4.78, 5) is 35.0. The molecule has 11 heteroatoms. The van der Waals surface area contributed by atoms with Crippen molar-refractivity contribution in [1.29, 1.82) is 0 Å². The number of ether oxygens (including phenoxy) is 1. The molecular weight excluding hydrogens is 519 g/mol. The summed E-state index contributed by atoms with van der Waals surface area (Å²) in [5, 5.41) is 6.05. The fraction of sp³-hybridized carbons (Fsp3) is 0.357. The zero-order chi connectivity index (χ0) is 27.4. The first-order valence-corrected chi connectivity index (χ1v) is 13.8. The van der Waals surface area contributed by atoms with Gasteiger partial charge >= 0.3 is 5.69 Å². The molecule has 0 aliphatic carbocycles. The molecule has 4 aromatic rings. The highest BCUT2D eigenvalue weighted by molar-refractivity contribution is 7.99. The Morgan fingerprint density at radius 2 is 2.00 bits per heavy atom. The predicted octanol–water partition coefficient (Wildman–Crippen LogP) is 3.53. The standard InChI is InChI=1S/C28H29FN6O3S/c1-5-21(36)33-8-10-34(11-9-33)27-19-12-16(2)22(23-20(29)7-6-17-13-30-32(3)24(17)23)26-25(19)35(28(37)31-27)18(14-38-4)15-39-26/h5-7,12-13,18H,1,8-11,14-15H2,2-4H3/t18-/m0/s1. The molecule has 6 rings (SSSR count). The van der Waals surface area contributed by atoms with E-state index >= 15 is 4.39 Å². The lowest BCUT2D eigenvalue weighted by molar-refractivity contribution is -0.126. The van der Waals surface area contributed by atoms with E-state index in [1.54, 1.807) is 45.3 Å². The van der Waals surface area contributed by atoms with Gasteiger partial charge < -0.3 is 14.5 Å². The number of benzene rings is 2. The van der Waals surface area contributed by atoms with Crippen LogP contribution in [0.2, 0.25) is 0 Å². The molecular formula is C28H29FN6O3S. The van der Waals surface area contributed by atoms with E-state index < -0.39 is 0 Å². The van der Waals surface area contributed by atoms with Gasteiger partial charge in [-0.15, -0.1) is 11.8 Å². The number of rotatable bonds is 5. The number of carbonyl (C=O) groups is 1. The Balaban J connectivity index is 1.61. The molecule has 0 saturated carbocycles. The van der Waals surface area contributed by atoms with Crippen molar-refractivity contribution in [3.8, 4) is 11.1 Å². The van der Waals surface area contributed by atoms with E-state index in [4.69, 9.17) is 4.74 Å². The Bertz CT molecular complexity index is 1710. The van der Waals surface area contributed by atoms with E-state index in [2.05, 4.69) is 21.6 Å². The largest absolute Gasteiger partial charge is 0.383 e. The molecule has 1 amide bonds. The van der Waals surface area contributed by atoms with E-state index in [1.807, 2.05) is 20.0 Å². The van der Waals surface area contributed by atoms with Crippen LogP contribution in [0.15, 0.2) is 46.7 Å². The first kappa shape index (κ1) is 25.6. The molecule has 4 heterocycles. The van der Waals surface area contributed by atoms with E-state index in [0.717, 1.165) is 32.3 Å². The lowest BCUT2D eigenvalue weighted by atomic mass is 9.95. The number of anilines is 1. The highest BCUT2D eigenvalue weighted by Crippen LogP contribution is 2.47. The molecule has 202 valence electrons. The quantitative estimate of drug-likeness (QED) is 0.353. The topological polar surface area (TPSA) is 85.5 Å². The second-order valence-electron chi connectivity index (χ2n) is 9.95. The molecule has 0 N–H and O–H groups in total. The summed E-state index contributed by atoms with van der Waals surface area (Å²) < 4.78 is 24.5. The Morgan fingerprint density at radius 3 is 2.72 bits per heavy atom. The minimum absolute atomic E-state index is 0.106. The van der Waals surface area contributed by atoms with Gasteiger partial charge in [0.2, 0.25) is 5.91 Å². The van der Waals surface area contributed by atoms with Crippen LogP contribution >= 0.6 is 11.8 Å². The van der Waals surface area contributed by atoms with Crippen molar-refractivity contribution in [2.75, 3.05) is 50.5 Å². The molecule has 0 unspecified atom stereocenters. The van der Waals surface area contributed by atoms with Crippen molar-refractivity contribution in [3.63, 3.8) is 0 Å².